The topological polar surface area (TPSA) is 78.8 Å². The second-order valence-electron chi connectivity index (χ2n) is 6.02. The maximum Gasteiger partial charge on any atom is 0.417 e. The van der Waals surface area contributed by atoms with E-state index in [0.29, 0.717) is 6.07 Å². The van der Waals surface area contributed by atoms with Gasteiger partial charge in [0.1, 0.15) is 0 Å². The van der Waals surface area contributed by atoms with Crippen LogP contribution in [0.1, 0.15) is 31.2 Å². The highest BCUT2D eigenvalue weighted by atomic mass is 32.2. The first kappa shape index (κ1) is 17.7. The molecule has 2 amide bonds. The number of amides is 2. The third-order valence-corrected chi connectivity index (χ3v) is 5.67. The predicted octanol–water partition coefficient (Wildman–Crippen LogP) is 2.97. The first-order valence-corrected chi connectivity index (χ1v) is 9.25. The maximum atomic E-state index is 13.0. The number of alkyl halides is 3. The van der Waals surface area contributed by atoms with Crippen LogP contribution in [-0.2, 0) is 16.2 Å². The van der Waals surface area contributed by atoms with Gasteiger partial charge in [-0.05, 0) is 31.4 Å². The standard InChI is InChI=1S/C15H16F3N3O3S/c16-15(17,18)11-6-2-4-8-13(11)25(23,24)20-14(22)21-9-10-5-1-3-7-12(10)19-21/h2,4,6,8,10H,1,3,5,7,9H2,(H,20,22). The van der Waals surface area contributed by atoms with Gasteiger partial charge in [0.15, 0.2) is 0 Å². The lowest BCUT2D eigenvalue weighted by Gasteiger charge is -2.18. The van der Waals surface area contributed by atoms with Crippen LogP contribution in [0, 0.1) is 5.92 Å². The molecule has 2 aliphatic rings. The number of hydrogen-bond acceptors (Lipinski definition) is 4. The number of hydrogen-bond donors (Lipinski definition) is 1. The van der Waals surface area contributed by atoms with Crippen molar-refractivity contribution in [3.05, 3.63) is 29.8 Å². The van der Waals surface area contributed by atoms with E-state index in [-0.39, 0.29) is 12.5 Å². The minimum atomic E-state index is -4.85. The summed E-state index contributed by atoms with van der Waals surface area (Å²) in [5, 5.41) is 5.10. The first-order chi connectivity index (χ1) is 11.7. The average molecular weight is 375 g/mol. The molecule has 0 radical (unpaired) electrons. The number of rotatable bonds is 2. The summed E-state index contributed by atoms with van der Waals surface area (Å²) in [5.74, 6) is 0.102. The third-order valence-electron chi connectivity index (χ3n) is 4.29. The molecule has 25 heavy (non-hydrogen) atoms. The van der Waals surface area contributed by atoms with Crippen LogP contribution in [0.5, 0.6) is 0 Å². The Morgan fingerprint density at radius 3 is 2.64 bits per heavy atom. The Morgan fingerprint density at radius 1 is 1.24 bits per heavy atom. The van der Waals surface area contributed by atoms with Crippen molar-refractivity contribution in [2.24, 2.45) is 11.0 Å². The van der Waals surface area contributed by atoms with Gasteiger partial charge >= 0.3 is 12.2 Å². The molecule has 1 heterocycles. The number of carbonyl (C=O) groups is 1. The Kier molecular flexibility index (Phi) is 4.48. The molecule has 10 heteroatoms. The normalized spacial score (nSPS) is 20.8. The largest absolute Gasteiger partial charge is 0.417 e. The fourth-order valence-corrected chi connectivity index (χ4v) is 4.26. The monoisotopic (exact) mass is 375 g/mol. The lowest BCUT2D eigenvalue weighted by Crippen LogP contribution is -2.40. The molecule has 1 unspecified atom stereocenters. The second-order valence-corrected chi connectivity index (χ2v) is 7.67. The Labute approximate surface area is 142 Å². The van der Waals surface area contributed by atoms with Crippen molar-refractivity contribution in [1.82, 2.24) is 9.73 Å². The maximum absolute atomic E-state index is 13.0. The van der Waals surface area contributed by atoms with Crippen LogP contribution in [0.3, 0.4) is 0 Å². The van der Waals surface area contributed by atoms with Crippen molar-refractivity contribution >= 4 is 21.8 Å². The Morgan fingerprint density at radius 2 is 1.96 bits per heavy atom. The van der Waals surface area contributed by atoms with Crippen molar-refractivity contribution in [1.29, 1.82) is 0 Å². The van der Waals surface area contributed by atoms with Gasteiger partial charge in [-0.15, -0.1) is 0 Å². The number of fused-ring (bicyclic) bond motifs is 1. The number of carbonyl (C=O) groups excluding carboxylic acids is 1. The molecule has 0 aromatic heterocycles. The van der Waals surface area contributed by atoms with Gasteiger partial charge in [-0.3, -0.25) is 0 Å². The SMILES string of the molecule is O=C(NS(=O)(=O)c1ccccc1C(F)(F)F)N1CC2CCCCC2=N1. The highest BCUT2D eigenvalue weighted by molar-refractivity contribution is 7.90. The molecule has 1 N–H and O–H groups in total. The van der Waals surface area contributed by atoms with Crippen LogP contribution in [0.25, 0.3) is 0 Å². The Balaban J connectivity index is 1.81. The highest BCUT2D eigenvalue weighted by Gasteiger charge is 2.38. The van der Waals surface area contributed by atoms with E-state index in [2.05, 4.69) is 5.10 Å². The highest BCUT2D eigenvalue weighted by Crippen LogP contribution is 2.34. The molecule has 0 bridgehead atoms. The predicted molar refractivity (Wildman–Crippen MR) is 83.3 cm³/mol. The number of halogens is 3. The molecule has 0 saturated heterocycles. The molecule has 1 saturated carbocycles. The summed E-state index contributed by atoms with van der Waals surface area (Å²) in [6.07, 6.45) is -1.26. The molecule has 1 atom stereocenters. The van der Waals surface area contributed by atoms with Crippen molar-refractivity contribution in [3.8, 4) is 0 Å². The Bertz CT molecular complexity index is 821. The van der Waals surface area contributed by atoms with E-state index in [4.69, 9.17) is 0 Å². The second kappa shape index (κ2) is 6.32. The van der Waals surface area contributed by atoms with Gasteiger partial charge in [0.2, 0.25) is 0 Å². The summed E-state index contributed by atoms with van der Waals surface area (Å²) in [4.78, 5) is 11.2. The molecular weight excluding hydrogens is 359 g/mol. The smallest absolute Gasteiger partial charge is 0.246 e. The number of benzene rings is 1. The number of nitrogens with zero attached hydrogens (tertiary/aromatic N) is 2. The van der Waals surface area contributed by atoms with Crippen LogP contribution in [0.4, 0.5) is 18.0 Å². The number of urea groups is 1. The fraction of sp³-hybridized carbons (Fsp3) is 0.467. The van der Waals surface area contributed by atoms with Crippen LogP contribution in [0.2, 0.25) is 0 Å². The van der Waals surface area contributed by atoms with E-state index < -0.39 is 32.7 Å². The molecule has 136 valence electrons. The van der Waals surface area contributed by atoms with Gasteiger partial charge in [-0.1, -0.05) is 18.6 Å². The molecule has 1 aromatic carbocycles. The summed E-state index contributed by atoms with van der Waals surface area (Å²) in [7, 11) is -4.67. The van der Waals surface area contributed by atoms with Crippen LogP contribution in [0.15, 0.2) is 34.3 Å². The lowest BCUT2D eigenvalue weighted by atomic mass is 9.88. The van der Waals surface area contributed by atoms with Crippen molar-refractivity contribution in [2.75, 3.05) is 6.54 Å². The minimum Gasteiger partial charge on any atom is -0.246 e. The number of nitrogens with one attached hydrogen (secondary N) is 1. The summed E-state index contributed by atoms with van der Waals surface area (Å²) in [5.41, 5.74) is -0.480. The Hall–Kier alpha value is -2.10. The quantitative estimate of drug-likeness (QED) is 0.863. The summed E-state index contributed by atoms with van der Waals surface area (Å²) in [6.45, 7) is 0.248. The third kappa shape index (κ3) is 3.63. The zero-order valence-corrected chi connectivity index (χ0v) is 13.9. The molecule has 0 spiro atoms. The van der Waals surface area contributed by atoms with Crippen molar-refractivity contribution in [2.45, 2.75) is 36.8 Å². The van der Waals surface area contributed by atoms with Crippen LogP contribution in [-0.4, -0.2) is 31.7 Å². The average Bonchev–Trinajstić information content (AvgIpc) is 2.98. The van der Waals surface area contributed by atoms with E-state index in [1.165, 1.54) is 6.07 Å². The number of sulfonamides is 1. The molecule has 1 aromatic rings. The summed E-state index contributed by atoms with van der Waals surface area (Å²) < 4.78 is 65.3. The van der Waals surface area contributed by atoms with Crippen LogP contribution >= 0.6 is 0 Å². The van der Waals surface area contributed by atoms with E-state index >= 15 is 0 Å². The van der Waals surface area contributed by atoms with Gasteiger partial charge in [0.05, 0.1) is 17.0 Å². The fourth-order valence-electron chi connectivity index (χ4n) is 3.09. The minimum absolute atomic E-state index is 0.102. The molecule has 1 fully saturated rings. The first-order valence-electron chi connectivity index (χ1n) is 7.76. The summed E-state index contributed by atoms with van der Waals surface area (Å²) >= 11 is 0. The van der Waals surface area contributed by atoms with Crippen molar-refractivity contribution in [3.63, 3.8) is 0 Å². The van der Waals surface area contributed by atoms with E-state index in [0.717, 1.165) is 48.5 Å². The summed E-state index contributed by atoms with van der Waals surface area (Å²) in [6, 6.07) is 2.68. The van der Waals surface area contributed by atoms with Gasteiger partial charge < -0.3 is 0 Å². The van der Waals surface area contributed by atoms with E-state index in [1.807, 2.05) is 0 Å². The molecule has 3 rings (SSSR count). The van der Waals surface area contributed by atoms with Gasteiger partial charge in [0, 0.05) is 11.6 Å². The molecule has 1 aliphatic carbocycles. The van der Waals surface area contributed by atoms with E-state index in [9.17, 15) is 26.4 Å². The van der Waals surface area contributed by atoms with Crippen molar-refractivity contribution < 1.29 is 26.4 Å². The van der Waals surface area contributed by atoms with Crippen LogP contribution < -0.4 is 4.72 Å². The molecular formula is C15H16F3N3O3S. The van der Waals surface area contributed by atoms with Gasteiger partial charge in [-0.2, -0.15) is 18.3 Å². The zero-order valence-electron chi connectivity index (χ0n) is 13.1. The zero-order chi connectivity index (χ0) is 18.2. The number of hydrazone groups is 1. The van der Waals surface area contributed by atoms with E-state index in [1.54, 1.807) is 4.72 Å². The van der Waals surface area contributed by atoms with Gasteiger partial charge in [-0.25, -0.2) is 22.9 Å². The van der Waals surface area contributed by atoms with Gasteiger partial charge in [0.25, 0.3) is 10.0 Å². The molecule has 6 nitrogen and oxygen atoms in total. The molecule has 1 aliphatic heterocycles. The lowest BCUT2D eigenvalue weighted by molar-refractivity contribution is -0.139.